The Bertz CT molecular complexity index is 774. The van der Waals surface area contributed by atoms with Gasteiger partial charge in [0.25, 0.3) is 0 Å². The molecule has 0 aliphatic carbocycles. The van der Waals surface area contributed by atoms with Crippen LogP contribution in [0.1, 0.15) is 17.7 Å². The predicted octanol–water partition coefficient (Wildman–Crippen LogP) is 1.10. The molecule has 27 heavy (non-hydrogen) atoms. The quantitative estimate of drug-likeness (QED) is 0.729. The second-order valence-corrected chi connectivity index (χ2v) is 6.55. The number of carbonyl (C=O) groups is 3. The van der Waals surface area contributed by atoms with E-state index in [0.717, 1.165) is 12.0 Å². The Labute approximate surface area is 157 Å². The molecule has 3 amide bonds. The normalized spacial score (nSPS) is 16.4. The minimum Gasteiger partial charge on any atom is -0.467 e. The van der Waals surface area contributed by atoms with E-state index in [1.54, 1.807) is 17.0 Å². The number of hydrogen-bond acceptors (Lipinski definition) is 4. The van der Waals surface area contributed by atoms with Gasteiger partial charge in [0.1, 0.15) is 5.76 Å². The van der Waals surface area contributed by atoms with E-state index in [1.807, 2.05) is 30.3 Å². The molecule has 0 spiro atoms. The minimum atomic E-state index is -0.411. The Morgan fingerprint density at radius 2 is 1.93 bits per heavy atom. The predicted molar refractivity (Wildman–Crippen MR) is 98.4 cm³/mol. The second-order valence-electron chi connectivity index (χ2n) is 6.55. The molecule has 1 aromatic carbocycles. The Kier molecular flexibility index (Phi) is 6.25. The molecule has 1 fully saturated rings. The molecular formula is C20H23N3O4. The van der Waals surface area contributed by atoms with Gasteiger partial charge < -0.3 is 20.0 Å². The van der Waals surface area contributed by atoms with Crippen molar-refractivity contribution in [1.29, 1.82) is 0 Å². The first kappa shape index (κ1) is 18.7. The number of likely N-dealkylation sites (tertiary alicyclic amines) is 1. The Balaban J connectivity index is 1.38. The van der Waals surface area contributed by atoms with Gasteiger partial charge in [0, 0.05) is 19.5 Å². The summed E-state index contributed by atoms with van der Waals surface area (Å²) in [5, 5.41) is 5.27. The summed E-state index contributed by atoms with van der Waals surface area (Å²) >= 11 is 0. The molecule has 1 atom stereocenters. The second kappa shape index (κ2) is 9.02. The zero-order valence-corrected chi connectivity index (χ0v) is 15.0. The fraction of sp³-hybridized carbons (Fsp3) is 0.350. The number of carbonyl (C=O) groups excluding carboxylic acids is 3. The smallest absolute Gasteiger partial charge is 0.239 e. The summed E-state index contributed by atoms with van der Waals surface area (Å²) in [5.41, 5.74) is 1.16. The van der Waals surface area contributed by atoms with Crippen LogP contribution >= 0.6 is 0 Å². The average molecular weight is 369 g/mol. The van der Waals surface area contributed by atoms with Crippen LogP contribution in [0.15, 0.2) is 53.1 Å². The molecule has 3 rings (SSSR count). The lowest BCUT2D eigenvalue weighted by Crippen LogP contribution is -2.40. The van der Waals surface area contributed by atoms with Crippen LogP contribution in [-0.2, 0) is 27.3 Å². The minimum absolute atomic E-state index is 0.0200. The zero-order valence-electron chi connectivity index (χ0n) is 15.0. The molecule has 0 unspecified atom stereocenters. The van der Waals surface area contributed by atoms with Crippen LogP contribution in [0.5, 0.6) is 0 Å². The van der Waals surface area contributed by atoms with Gasteiger partial charge in [-0.3, -0.25) is 14.4 Å². The highest BCUT2D eigenvalue weighted by Gasteiger charge is 2.33. The van der Waals surface area contributed by atoms with Crippen LogP contribution in [0.2, 0.25) is 0 Å². The molecule has 1 aliphatic rings. The van der Waals surface area contributed by atoms with E-state index >= 15 is 0 Å². The third kappa shape index (κ3) is 5.44. The molecule has 7 nitrogen and oxygen atoms in total. The number of benzene rings is 1. The van der Waals surface area contributed by atoms with E-state index in [-0.39, 0.29) is 37.2 Å². The molecule has 1 saturated heterocycles. The van der Waals surface area contributed by atoms with Crippen molar-refractivity contribution in [2.24, 2.45) is 5.92 Å². The fourth-order valence-electron chi connectivity index (χ4n) is 3.05. The highest BCUT2D eigenvalue weighted by molar-refractivity contribution is 5.91. The summed E-state index contributed by atoms with van der Waals surface area (Å²) in [6.07, 6.45) is 2.48. The van der Waals surface area contributed by atoms with Gasteiger partial charge in [-0.25, -0.2) is 0 Å². The Morgan fingerprint density at radius 3 is 2.67 bits per heavy atom. The molecule has 1 aliphatic heterocycles. The molecule has 2 aromatic rings. The molecule has 2 heterocycles. The number of amides is 3. The van der Waals surface area contributed by atoms with Crippen molar-refractivity contribution < 1.29 is 18.8 Å². The van der Waals surface area contributed by atoms with Gasteiger partial charge in [-0.2, -0.15) is 0 Å². The number of nitrogens with one attached hydrogen (secondary N) is 2. The lowest BCUT2D eigenvalue weighted by atomic mass is 10.1. The number of nitrogens with zero attached hydrogens (tertiary/aromatic N) is 1. The molecule has 2 N–H and O–H groups in total. The fourth-order valence-corrected chi connectivity index (χ4v) is 3.05. The maximum absolute atomic E-state index is 12.3. The summed E-state index contributed by atoms with van der Waals surface area (Å²) in [6.45, 7) is 1.15. The highest BCUT2D eigenvalue weighted by atomic mass is 16.3. The van der Waals surface area contributed by atoms with Crippen LogP contribution in [-0.4, -0.2) is 42.3 Å². The lowest BCUT2D eigenvalue weighted by molar-refractivity contribution is -0.129. The van der Waals surface area contributed by atoms with E-state index in [2.05, 4.69) is 10.6 Å². The highest BCUT2D eigenvalue weighted by Crippen LogP contribution is 2.18. The first-order valence-corrected chi connectivity index (χ1v) is 9.00. The van der Waals surface area contributed by atoms with Crippen molar-refractivity contribution in [2.45, 2.75) is 19.4 Å². The van der Waals surface area contributed by atoms with Crippen molar-refractivity contribution in [3.8, 4) is 0 Å². The molecule has 7 heteroatoms. The van der Waals surface area contributed by atoms with Crippen molar-refractivity contribution in [3.05, 3.63) is 60.1 Å². The topological polar surface area (TPSA) is 91.7 Å². The van der Waals surface area contributed by atoms with E-state index in [4.69, 9.17) is 4.42 Å². The monoisotopic (exact) mass is 369 g/mol. The molecule has 0 saturated carbocycles. The SMILES string of the molecule is O=C(CNC(=O)[C@H]1CC(=O)N(CCc2ccccc2)C1)NCc1ccco1. The van der Waals surface area contributed by atoms with Crippen molar-refractivity contribution in [3.63, 3.8) is 0 Å². The summed E-state index contributed by atoms with van der Waals surface area (Å²) in [6, 6.07) is 13.4. The van der Waals surface area contributed by atoms with E-state index in [9.17, 15) is 14.4 Å². The summed E-state index contributed by atoms with van der Waals surface area (Å²) in [4.78, 5) is 37.9. The van der Waals surface area contributed by atoms with Gasteiger partial charge in [0.15, 0.2) is 0 Å². The third-order valence-corrected chi connectivity index (χ3v) is 4.56. The maximum Gasteiger partial charge on any atom is 0.239 e. The molecule has 142 valence electrons. The van der Waals surface area contributed by atoms with Gasteiger partial charge in [-0.05, 0) is 24.1 Å². The first-order valence-electron chi connectivity index (χ1n) is 9.00. The van der Waals surface area contributed by atoms with Crippen LogP contribution in [0.25, 0.3) is 0 Å². The molecule has 0 bridgehead atoms. The summed E-state index contributed by atoms with van der Waals surface area (Å²) < 4.78 is 5.12. The average Bonchev–Trinajstić information content (AvgIpc) is 3.33. The Morgan fingerprint density at radius 1 is 1.11 bits per heavy atom. The molecule has 1 aromatic heterocycles. The number of hydrogen-bond donors (Lipinski definition) is 2. The van der Waals surface area contributed by atoms with E-state index in [1.165, 1.54) is 6.26 Å². The van der Waals surface area contributed by atoms with Crippen molar-refractivity contribution in [2.75, 3.05) is 19.6 Å². The zero-order chi connectivity index (χ0) is 19.1. The van der Waals surface area contributed by atoms with Crippen LogP contribution in [0.3, 0.4) is 0 Å². The first-order chi connectivity index (χ1) is 13.1. The van der Waals surface area contributed by atoms with Gasteiger partial charge in [0.2, 0.25) is 17.7 Å². The van der Waals surface area contributed by atoms with Gasteiger partial charge in [-0.15, -0.1) is 0 Å². The number of furan rings is 1. The maximum atomic E-state index is 12.3. The standard InChI is InChI=1S/C20H23N3O4/c24-18(21-12-17-7-4-10-27-17)13-22-20(26)16-11-19(25)23(14-16)9-8-15-5-2-1-3-6-15/h1-7,10,16H,8-9,11-14H2,(H,21,24)(H,22,26)/t16-/m0/s1. The number of rotatable bonds is 8. The lowest BCUT2D eigenvalue weighted by Gasteiger charge is -2.16. The van der Waals surface area contributed by atoms with Crippen LogP contribution in [0.4, 0.5) is 0 Å². The van der Waals surface area contributed by atoms with Gasteiger partial charge >= 0.3 is 0 Å². The van der Waals surface area contributed by atoms with Gasteiger partial charge in [0.05, 0.1) is 25.3 Å². The largest absolute Gasteiger partial charge is 0.467 e. The molecular weight excluding hydrogens is 346 g/mol. The molecule has 0 radical (unpaired) electrons. The van der Waals surface area contributed by atoms with Crippen LogP contribution < -0.4 is 10.6 Å². The van der Waals surface area contributed by atoms with Crippen molar-refractivity contribution >= 4 is 17.7 Å². The van der Waals surface area contributed by atoms with Crippen LogP contribution in [0, 0.1) is 5.92 Å². The van der Waals surface area contributed by atoms with E-state index < -0.39 is 5.92 Å². The van der Waals surface area contributed by atoms with E-state index in [0.29, 0.717) is 18.8 Å². The van der Waals surface area contributed by atoms with Crippen molar-refractivity contribution in [1.82, 2.24) is 15.5 Å². The third-order valence-electron chi connectivity index (χ3n) is 4.56. The Hall–Kier alpha value is -3.09. The summed E-state index contributed by atoms with van der Waals surface area (Å²) in [7, 11) is 0. The summed E-state index contributed by atoms with van der Waals surface area (Å²) in [5.74, 6) is -0.353. The van der Waals surface area contributed by atoms with Gasteiger partial charge in [-0.1, -0.05) is 30.3 Å².